The Hall–Kier alpha value is -3.50. The van der Waals surface area contributed by atoms with Gasteiger partial charge in [0.1, 0.15) is 17.9 Å². The number of hydrogen-bond acceptors (Lipinski definition) is 8. The minimum Gasteiger partial charge on any atom is -0.468 e. The zero-order chi connectivity index (χ0) is 24.4. The van der Waals surface area contributed by atoms with E-state index in [1.165, 1.54) is 32.0 Å². The number of halogens is 1. The Morgan fingerprint density at radius 3 is 1.97 bits per heavy atom. The summed E-state index contributed by atoms with van der Waals surface area (Å²) in [7, 11) is 3.18. The molecule has 0 unspecified atom stereocenters. The van der Waals surface area contributed by atoms with E-state index < -0.39 is 59.5 Å². The number of amides is 2. The molecule has 176 valence electrons. The van der Waals surface area contributed by atoms with Crippen LogP contribution in [-0.4, -0.2) is 63.1 Å². The molecule has 0 aliphatic rings. The Morgan fingerprint density at radius 1 is 0.938 bits per heavy atom. The number of benzene rings is 1. The van der Waals surface area contributed by atoms with Crippen molar-refractivity contribution in [1.82, 2.24) is 10.6 Å². The fourth-order valence-electron chi connectivity index (χ4n) is 3.11. The van der Waals surface area contributed by atoms with E-state index in [9.17, 15) is 28.4 Å². The van der Waals surface area contributed by atoms with Crippen LogP contribution in [0.4, 0.5) is 4.39 Å². The molecule has 1 aromatic carbocycles. The van der Waals surface area contributed by atoms with Crippen molar-refractivity contribution in [1.29, 1.82) is 0 Å². The van der Waals surface area contributed by atoms with Crippen molar-refractivity contribution < 1.29 is 42.6 Å². The highest BCUT2D eigenvalue weighted by molar-refractivity contribution is 5.97. The van der Waals surface area contributed by atoms with Gasteiger partial charge in [-0.25, -0.2) is 9.18 Å². The smallest absolute Gasteiger partial charge is 0.328 e. The molecule has 0 saturated carbocycles. The first-order valence-electron chi connectivity index (χ1n) is 9.61. The maximum Gasteiger partial charge on any atom is 0.328 e. The summed E-state index contributed by atoms with van der Waals surface area (Å²) < 4.78 is 27.5. The van der Waals surface area contributed by atoms with Crippen LogP contribution in [0.25, 0.3) is 0 Å². The van der Waals surface area contributed by atoms with Gasteiger partial charge < -0.3 is 24.8 Å². The number of rotatable bonds is 10. The molecule has 1 rings (SSSR count). The van der Waals surface area contributed by atoms with Gasteiger partial charge in [-0.2, -0.15) is 0 Å². The molecular formula is C21H27FN2O8. The monoisotopic (exact) mass is 454 g/mol. The number of carbonyl (C=O) groups excluding carboxylic acids is 5. The maximum absolute atomic E-state index is 13.5. The van der Waals surface area contributed by atoms with Crippen molar-refractivity contribution in [2.24, 2.45) is 11.8 Å². The SMILES string of the molecule is COC(=O)C(C(=O)OC)[C@H](C)[C@@H](NC(=O)[C@H](Cc1cccc(F)c1)NC(C)=O)C(=O)OC. The lowest BCUT2D eigenvalue weighted by molar-refractivity contribution is -0.163. The van der Waals surface area contributed by atoms with Crippen LogP contribution in [-0.2, 0) is 44.6 Å². The maximum atomic E-state index is 13.5. The van der Waals surface area contributed by atoms with Gasteiger partial charge in [0.2, 0.25) is 11.8 Å². The lowest BCUT2D eigenvalue weighted by Gasteiger charge is -2.28. The second-order valence-electron chi connectivity index (χ2n) is 6.98. The van der Waals surface area contributed by atoms with Crippen molar-refractivity contribution in [3.63, 3.8) is 0 Å². The minimum absolute atomic E-state index is 0.0805. The van der Waals surface area contributed by atoms with Gasteiger partial charge in [-0.1, -0.05) is 19.1 Å². The summed E-state index contributed by atoms with van der Waals surface area (Å²) in [5.74, 6) is -7.39. The van der Waals surface area contributed by atoms with E-state index >= 15 is 0 Å². The van der Waals surface area contributed by atoms with E-state index in [-0.39, 0.29) is 6.42 Å². The Kier molecular flexibility index (Phi) is 10.3. The Morgan fingerprint density at radius 2 is 1.50 bits per heavy atom. The molecule has 2 amide bonds. The van der Waals surface area contributed by atoms with Crippen LogP contribution in [0.3, 0.4) is 0 Å². The number of esters is 3. The van der Waals surface area contributed by atoms with E-state index in [0.29, 0.717) is 5.56 Å². The third kappa shape index (κ3) is 7.33. The zero-order valence-electron chi connectivity index (χ0n) is 18.5. The third-order valence-corrected chi connectivity index (χ3v) is 4.74. The second-order valence-corrected chi connectivity index (χ2v) is 6.98. The molecule has 0 fully saturated rings. The Labute approximate surface area is 184 Å². The van der Waals surface area contributed by atoms with E-state index in [0.717, 1.165) is 21.3 Å². The molecule has 0 spiro atoms. The normalized spacial score (nSPS) is 13.3. The average molecular weight is 454 g/mol. The zero-order valence-corrected chi connectivity index (χ0v) is 18.5. The third-order valence-electron chi connectivity index (χ3n) is 4.74. The summed E-state index contributed by atoms with van der Waals surface area (Å²) >= 11 is 0. The number of nitrogens with one attached hydrogen (secondary N) is 2. The molecule has 11 heteroatoms. The highest BCUT2D eigenvalue weighted by Crippen LogP contribution is 2.21. The number of methoxy groups -OCH3 is 3. The van der Waals surface area contributed by atoms with Gasteiger partial charge >= 0.3 is 17.9 Å². The fraction of sp³-hybridized carbons (Fsp3) is 0.476. The van der Waals surface area contributed by atoms with Crippen LogP contribution < -0.4 is 10.6 Å². The van der Waals surface area contributed by atoms with Crippen LogP contribution >= 0.6 is 0 Å². The van der Waals surface area contributed by atoms with Crippen molar-refractivity contribution in [3.8, 4) is 0 Å². The van der Waals surface area contributed by atoms with E-state index in [1.807, 2.05) is 0 Å². The largest absolute Gasteiger partial charge is 0.468 e. The summed E-state index contributed by atoms with van der Waals surface area (Å²) in [6.45, 7) is 2.55. The standard InChI is InChI=1S/C21H27FN2O8/c1-11(16(19(27)30-3)20(28)31-4)17(21(29)32-5)24-18(26)15(23-12(2)25)10-13-7-6-8-14(22)9-13/h6-9,11,15-17H,10H2,1-5H3,(H,23,25)(H,24,26)/t11-,15-,17+/m0/s1. The summed E-state index contributed by atoms with van der Waals surface area (Å²) in [6, 6.07) is 2.81. The van der Waals surface area contributed by atoms with E-state index in [2.05, 4.69) is 20.1 Å². The van der Waals surface area contributed by atoms with Crippen LogP contribution in [0, 0.1) is 17.7 Å². The summed E-state index contributed by atoms with van der Waals surface area (Å²) in [5.41, 5.74) is 0.420. The molecule has 3 atom stereocenters. The quantitative estimate of drug-likeness (QED) is 0.289. The molecule has 0 aromatic heterocycles. The molecule has 0 aliphatic heterocycles. The van der Waals surface area contributed by atoms with Crippen molar-refractivity contribution in [2.75, 3.05) is 21.3 Å². The van der Waals surface area contributed by atoms with Gasteiger partial charge in [0, 0.05) is 19.3 Å². The molecule has 2 N–H and O–H groups in total. The van der Waals surface area contributed by atoms with Gasteiger partial charge in [-0.05, 0) is 17.7 Å². The highest BCUT2D eigenvalue weighted by Gasteiger charge is 2.43. The summed E-state index contributed by atoms with van der Waals surface area (Å²) in [5, 5.41) is 4.85. The Bertz CT molecular complexity index is 844. The molecule has 0 radical (unpaired) electrons. The molecule has 1 aromatic rings. The number of carbonyl (C=O) groups is 5. The van der Waals surface area contributed by atoms with Crippen LogP contribution in [0.1, 0.15) is 19.4 Å². The highest BCUT2D eigenvalue weighted by atomic mass is 19.1. The lowest BCUT2D eigenvalue weighted by Crippen LogP contribution is -2.56. The molecule has 0 heterocycles. The first kappa shape index (κ1) is 26.5. The molecular weight excluding hydrogens is 427 g/mol. The van der Waals surface area contributed by atoms with Gasteiger partial charge in [-0.3, -0.25) is 19.2 Å². The number of hydrogen-bond donors (Lipinski definition) is 2. The van der Waals surface area contributed by atoms with Crippen molar-refractivity contribution >= 4 is 29.7 Å². The average Bonchev–Trinajstić information content (AvgIpc) is 2.75. The van der Waals surface area contributed by atoms with Crippen molar-refractivity contribution in [3.05, 3.63) is 35.6 Å². The predicted molar refractivity (Wildman–Crippen MR) is 108 cm³/mol. The van der Waals surface area contributed by atoms with Crippen molar-refractivity contribution in [2.45, 2.75) is 32.4 Å². The first-order chi connectivity index (χ1) is 15.0. The van der Waals surface area contributed by atoms with E-state index in [4.69, 9.17) is 4.74 Å². The minimum atomic E-state index is -1.53. The van der Waals surface area contributed by atoms with Gasteiger partial charge in [0.05, 0.1) is 21.3 Å². The van der Waals surface area contributed by atoms with Gasteiger partial charge in [-0.15, -0.1) is 0 Å². The molecule has 0 saturated heterocycles. The van der Waals surface area contributed by atoms with Crippen LogP contribution in [0.15, 0.2) is 24.3 Å². The number of ether oxygens (including phenoxy) is 3. The molecule has 0 bridgehead atoms. The molecule has 32 heavy (non-hydrogen) atoms. The van der Waals surface area contributed by atoms with Crippen LogP contribution in [0.5, 0.6) is 0 Å². The summed E-state index contributed by atoms with van der Waals surface area (Å²) in [4.78, 5) is 61.2. The lowest BCUT2D eigenvalue weighted by atomic mass is 9.87. The van der Waals surface area contributed by atoms with Gasteiger partial charge in [0.25, 0.3) is 0 Å². The fourth-order valence-corrected chi connectivity index (χ4v) is 3.11. The predicted octanol–water partition coefficient (Wildman–Crippen LogP) is 0.129. The van der Waals surface area contributed by atoms with E-state index in [1.54, 1.807) is 6.07 Å². The molecule has 0 aliphatic carbocycles. The summed E-state index contributed by atoms with van der Waals surface area (Å²) in [6.07, 6.45) is -0.0805. The van der Waals surface area contributed by atoms with Crippen LogP contribution in [0.2, 0.25) is 0 Å². The topological polar surface area (TPSA) is 137 Å². The molecule has 10 nitrogen and oxygen atoms in total. The van der Waals surface area contributed by atoms with Gasteiger partial charge in [0.15, 0.2) is 5.92 Å². The Balaban J connectivity index is 3.21. The second kappa shape index (κ2) is 12.4. The first-order valence-corrected chi connectivity index (χ1v) is 9.61.